The first-order valence-electron chi connectivity index (χ1n) is 8.59. The highest BCUT2D eigenvalue weighted by Crippen LogP contribution is 2.29. The van der Waals surface area contributed by atoms with E-state index in [4.69, 9.17) is 0 Å². The summed E-state index contributed by atoms with van der Waals surface area (Å²) in [5.41, 5.74) is 4.00. The van der Waals surface area contributed by atoms with Gasteiger partial charge in [0.15, 0.2) is 0 Å². The number of barbiturate groups is 1. The van der Waals surface area contributed by atoms with Gasteiger partial charge in [-0.2, -0.15) is 0 Å². The van der Waals surface area contributed by atoms with Gasteiger partial charge >= 0.3 is 6.03 Å². The zero-order valence-corrected chi connectivity index (χ0v) is 15.4. The molecule has 2 aromatic rings. The van der Waals surface area contributed by atoms with Gasteiger partial charge in [0.2, 0.25) is 0 Å². The van der Waals surface area contributed by atoms with E-state index in [2.05, 4.69) is 5.32 Å². The van der Waals surface area contributed by atoms with Gasteiger partial charge in [0.25, 0.3) is 11.8 Å². The monoisotopic (exact) mass is 360 g/mol. The number of nitrogens with one attached hydrogen (secondary N) is 1. The van der Waals surface area contributed by atoms with Crippen LogP contribution in [0.15, 0.2) is 60.2 Å². The lowest BCUT2D eigenvalue weighted by atomic mass is 10.0. The van der Waals surface area contributed by atoms with Gasteiger partial charge < -0.3 is 0 Å². The highest BCUT2D eigenvalue weighted by atomic mass is 16.2. The second kappa shape index (κ2) is 7.41. The lowest BCUT2D eigenvalue weighted by molar-refractivity contribution is -0.122. The summed E-state index contributed by atoms with van der Waals surface area (Å²) in [6.45, 7) is 5.63. The molecule has 3 rings (SSSR count). The van der Waals surface area contributed by atoms with Gasteiger partial charge in [0.05, 0.1) is 5.69 Å². The number of benzene rings is 2. The molecule has 1 aliphatic heterocycles. The summed E-state index contributed by atoms with van der Waals surface area (Å²) in [5, 5.41) is 2.25. The molecule has 0 radical (unpaired) electrons. The van der Waals surface area contributed by atoms with Crippen LogP contribution in [0.3, 0.4) is 0 Å². The lowest BCUT2D eigenvalue weighted by Gasteiger charge is -2.29. The molecule has 1 heterocycles. The summed E-state index contributed by atoms with van der Waals surface area (Å²) in [6, 6.07) is 12.6. The van der Waals surface area contributed by atoms with Crippen LogP contribution in [0.25, 0.3) is 6.08 Å². The van der Waals surface area contributed by atoms with Gasteiger partial charge in [-0.05, 0) is 43.5 Å². The molecule has 5 nitrogen and oxygen atoms in total. The maximum atomic E-state index is 12.9. The number of carbonyl (C=O) groups is 3. The molecule has 1 aliphatic rings. The number of rotatable bonds is 3. The summed E-state index contributed by atoms with van der Waals surface area (Å²) in [7, 11) is 0. The number of anilines is 1. The van der Waals surface area contributed by atoms with Crippen molar-refractivity contribution in [1.82, 2.24) is 5.32 Å². The Labute approximate surface area is 158 Å². The second-order valence-corrected chi connectivity index (χ2v) is 6.50. The first kappa shape index (κ1) is 18.3. The molecule has 27 heavy (non-hydrogen) atoms. The molecular weight excluding hydrogens is 340 g/mol. The quantitative estimate of drug-likeness (QED) is 0.668. The summed E-state index contributed by atoms with van der Waals surface area (Å²) in [5.74, 6) is -1.32. The lowest BCUT2D eigenvalue weighted by Crippen LogP contribution is -2.54. The molecule has 4 amide bonds. The third kappa shape index (κ3) is 3.72. The Morgan fingerprint density at radius 1 is 0.926 bits per heavy atom. The fraction of sp³-hybridized carbons (Fsp3) is 0.136. The van der Waals surface area contributed by atoms with Crippen LogP contribution < -0.4 is 10.2 Å². The Hall–Kier alpha value is -3.47. The maximum Gasteiger partial charge on any atom is 0.335 e. The Bertz CT molecular complexity index is 965. The zero-order valence-electron chi connectivity index (χ0n) is 15.4. The van der Waals surface area contributed by atoms with Crippen LogP contribution in [0.1, 0.15) is 22.3 Å². The van der Waals surface area contributed by atoms with Crippen molar-refractivity contribution in [2.75, 3.05) is 4.90 Å². The summed E-state index contributed by atoms with van der Waals surface area (Å²) in [6.07, 6.45) is 4.85. The molecule has 2 aromatic carbocycles. The number of hydrogen-bond donors (Lipinski definition) is 1. The summed E-state index contributed by atoms with van der Waals surface area (Å²) >= 11 is 0. The Balaban J connectivity index is 1.97. The van der Waals surface area contributed by atoms with Crippen LogP contribution >= 0.6 is 0 Å². The number of carbonyl (C=O) groups excluding carboxylic acids is 3. The fourth-order valence-corrected chi connectivity index (χ4v) is 3.22. The Kier molecular flexibility index (Phi) is 5.03. The van der Waals surface area contributed by atoms with E-state index in [1.807, 2.05) is 63.2 Å². The molecule has 1 saturated heterocycles. The van der Waals surface area contributed by atoms with Crippen LogP contribution in [0.4, 0.5) is 10.5 Å². The normalized spacial score (nSPS) is 16.3. The first-order valence-corrected chi connectivity index (χ1v) is 8.59. The number of urea groups is 1. The van der Waals surface area contributed by atoms with Crippen molar-refractivity contribution < 1.29 is 14.4 Å². The largest absolute Gasteiger partial charge is 0.335 e. The van der Waals surface area contributed by atoms with Crippen molar-refractivity contribution in [2.24, 2.45) is 0 Å². The van der Waals surface area contributed by atoms with Crippen molar-refractivity contribution >= 4 is 29.6 Å². The molecule has 0 unspecified atom stereocenters. The van der Waals surface area contributed by atoms with Gasteiger partial charge in [-0.1, -0.05) is 60.2 Å². The third-order valence-corrected chi connectivity index (χ3v) is 4.31. The number of allylic oxidation sites excluding steroid dienone is 2. The van der Waals surface area contributed by atoms with Gasteiger partial charge in [-0.3, -0.25) is 14.9 Å². The molecular formula is C22H20N2O3. The second-order valence-electron chi connectivity index (χ2n) is 6.50. The number of nitrogens with zero attached hydrogens (tertiary/aromatic N) is 1. The molecule has 136 valence electrons. The molecule has 0 aromatic heterocycles. The van der Waals surface area contributed by atoms with E-state index in [-0.39, 0.29) is 5.57 Å². The van der Waals surface area contributed by atoms with Crippen LogP contribution in [0.5, 0.6) is 0 Å². The summed E-state index contributed by atoms with van der Waals surface area (Å²) in [4.78, 5) is 38.5. The fourth-order valence-electron chi connectivity index (χ4n) is 3.22. The Morgan fingerprint density at radius 2 is 1.56 bits per heavy atom. The highest BCUT2D eigenvalue weighted by molar-refractivity contribution is 6.38. The minimum absolute atomic E-state index is 0.0823. The van der Waals surface area contributed by atoms with Crippen molar-refractivity contribution in [2.45, 2.75) is 20.8 Å². The molecule has 1 fully saturated rings. The first-order chi connectivity index (χ1) is 12.9. The molecule has 0 aliphatic carbocycles. The molecule has 0 atom stereocenters. The van der Waals surface area contributed by atoms with Crippen molar-refractivity contribution in [1.29, 1.82) is 0 Å². The molecule has 5 heteroatoms. The van der Waals surface area contributed by atoms with E-state index in [1.165, 1.54) is 6.08 Å². The van der Waals surface area contributed by atoms with E-state index in [1.54, 1.807) is 12.2 Å². The van der Waals surface area contributed by atoms with Gasteiger partial charge in [0.1, 0.15) is 5.57 Å². The molecule has 0 saturated carbocycles. The van der Waals surface area contributed by atoms with E-state index in [9.17, 15) is 14.4 Å². The highest BCUT2D eigenvalue weighted by Gasteiger charge is 2.37. The maximum absolute atomic E-state index is 12.9. The Morgan fingerprint density at radius 3 is 2.19 bits per heavy atom. The predicted molar refractivity (Wildman–Crippen MR) is 105 cm³/mol. The van der Waals surface area contributed by atoms with E-state index in [0.717, 1.165) is 27.2 Å². The van der Waals surface area contributed by atoms with Crippen molar-refractivity contribution in [3.8, 4) is 0 Å². The van der Waals surface area contributed by atoms with Crippen molar-refractivity contribution in [3.63, 3.8) is 0 Å². The minimum Gasteiger partial charge on any atom is -0.273 e. The van der Waals surface area contributed by atoms with E-state index >= 15 is 0 Å². The van der Waals surface area contributed by atoms with Gasteiger partial charge in [0, 0.05) is 0 Å². The molecule has 0 bridgehead atoms. The third-order valence-electron chi connectivity index (χ3n) is 4.31. The standard InChI is InChI=1S/C22H20N2O3/c1-14-12-15(2)19(16(3)13-14)24-21(26)18(20(25)23-22(24)27)11-7-10-17-8-5-4-6-9-17/h4-13H,1-3H3,(H,23,25,27). The van der Waals surface area contributed by atoms with Crippen LogP contribution in [0.2, 0.25) is 0 Å². The topological polar surface area (TPSA) is 66.5 Å². The number of aryl methyl sites for hydroxylation is 3. The summed E-state index contributed by atoms with van der Waals surface area (Å²) < 4.78 is 0. The number of imide groups is 2. The SMILES string of the molecule is Cc1cc(C)c(N2C(=O)NC(=O)C(=CC=Cc3ccccc3)C2=O)c(C)c1. The van der Waals surface area contributed by atoms with Gasteiger partial charge in [-0.15, -0.1) is 0 Å². The van der Waals surface area contributed by atoms with Crippen LogP contribution in [-0.2, 0) is 9.59 Å². The molecule has 0 spiro atoms. The van der Waals surface area contributed by atoms with Crippen molar-refractivity contribution in [3.05, 3.63) is 82.4 Å². The predicted octanol–water partition coefficient (Wildman–Crippen LogP) is 3.83. The number of amides is 4. The van der Waals surface area contributed by atoms with Gasteiger partial charge in [-0.25, -0.2) is 9.69 Å². The number of hydrogen-bond acceptors (Lipinski definition) is 3. The average molecular weight is 360 g/mol. The average Bonchev–Trinajstić information content (AvgIpc) is 2.60. The smallest absolute Gasteiger partial charge is 0.273 e. The zero-order chi connectivity index (χ0) is 19.6. The minimum atomic E-state index is -0.732. The molecule has 1 N–H and O–H groups in total. The van der Waals surface area contributed by atoms with Crippen LogP contribution in [0, 0.1) is 20.8 Å². The van der Waals surface area contributed by atoms with E-state index in [0.29, 0.717) is 5.69 Å². The van der Waals surface area contributed by atoms with E-state index < -0.39 is 17.8 Å². The van der Waals surface area contributed by atoms with Crippen LogP contribution in [-0.4, -0.2) is 17.8 Å².